The maximum absolute atomic E-state index is 12.2. The van der Waals surface area contributed by atoms with Gasteiger partial charge in [0.05, 0.1) is 6.54 Å². The monoisotopic (exact) mass is 210 g/mol. The van der Waals surface area contributed by atoms with Gasteiger partial charge in [0.25, 0.3) is 0 Å². The van der Waals surface area contributed by atoms with E-state index in [1.807, 2.05) is 6.92 Å². The Labute approximate surface area is 82.2 Å². The zero-order valence-corrected chi connectivity index (χ0v) is 8.56. The summed E-state index contributed by atoms with van der Waals surface area (Å²) in [6.07, 6.45) is -2.15. The van der Waals surface area contributed by atoms with Gasteiger partial charge in [0.15, 0.2) is 0 Å². The number of alkyl halides is 3. The Hall–Kier alpha value is -0.290. The van der Waals surface area contributed by atoms with E-state index in [9.17, 15) is 13.2 Å². The van der Waals surface area contributed by atoms with E-state index >= 15 is 0 Å². The van der Waals surface area contributed by atoms with Gasteiger partial charge in [0, 0.05) is 12.1 Å². The molecule has 0 spiro atoms. The lowest BCUT2D eigenvalue weighted by atomic mass is 9.94. The number of nitrogens with zero attached hydrogens (tertiary/aromatic N) is 1. The van der Waals surface area contributed by atoms with Gasteiger partial charge in [-0.2, -0.15) is 13.2 Å². The highest BCUT2D eigenvalue weighted by atomic mass is 19.4. The van der Waals surface area contributed by atoms with E-state index in [1.54, 1.807) is 0 Å². The molecule has 0 heterocycles. The lowest BCUT2D eigenvalue weighted by molar-refractivity contribution is -0.155. The number of halogens is 3. The molecule has 1 unspecified atom stereocenters. The smallest absolute Gasteiger partial charge is 0.329 e. The summed E-state index contributed by atoms with van der Waals surface area (Å²) >= 11 is 0. The molecule has 1 aliphatic carbocycles. The normalized spacial score (nSPS) is 22.5. The van der Waals surface area contributed by atoms with Crippen molar-refractivity contribution >= 4 is 0 Å². The van der Waals surface area contributed by atoms with E-state index in [4.69, 9.17) is 5.73 Å². The average Bonchev–Trinajstić information content (AvgIpc) is 2.81. The number of nitrogens with two attached hydrogens (primary N) is 1. The summed E-state index contributed by atoms with van der Waals surface area (Å²) in [7, 11) is 1.50. The average molecular weight is 210 g/mol. The zero-order valence-electron chi connectivity index (χ0n) is 8.56. The second-order valence-electron chi connectivity index (χ2n) is 4.31. The first kappa shape index (κ1) is 11.8. The molecule has 2 N–H and O–H groups in total. The first-order valence-corrected chi connectivity index (χ1v) is 4.77. The quantitative estimate of drug-likeness (QED) is 0.763. The molecule has 1 fully saturated rings. The van der Waals surface area contributed by atoms with Crippen molar-refractivity contribution in [1.82, 2.24) is 4.90 Å². The molecule has 0 saturated heterocycles. The van der Waals surface area contributed by atoms with Gasteiger partial charge in [-0.05, 0) is 32.7 Å². The fraction of sp³-hybridized carbons (Fsp3) is 1.00. The fourth-order valence-corrected chi connectivity index (χ4v) is 1.79. The van der Waals surface area contributed by atoms with E-state index < -0.39 is 18.3 Å². The molecular weight excluding hydrogens is 193 g/mol. The molecule has 1 rings (SSSR count). The predicted molar refractivity (Wildman–Crippen MR) is 48.9 cm³/mol. The van der Waals surface area contributed by atoms with Crippen LogP contribution in [0.5, 0.6) is 0 Å². The lowest BCUT2D eigenvalue weighted by Gasteiger charge is -2.38. The third kappa shape index (κ3) is 2.60. The summed E-state index contributed by atoms with van der Waals surface area (Å²) in [6, 6.07) is 0. The second-order valence-corrected chi connectivity index (χ2v) is 4.31. The molecule has 1 saturated carbocycles. The van der Waals surface area contributed by atoms with Crippen molar-refractivity contribution in [2.45, 2.75) is 31.5 Å². The standard InChI is InChI=1S/C9H17F3N2/c1-8(5-13,7-3-4-7)14(2)6-9(10,11)12/h7H,3-6,13H2,1-2H3. The second kappa shape index (κ2) is 3.70. The van der Waals surface area contributed by atoms with Gasteiger partial charge in [-0.3, -0.25) is 4.90 Å². The van der Waals surface area contributed by atoms with E-state index in [-0.39, 0.29) is 6.54 Å². The van der Waals surface area contributed by atoms with Crippen molar-refractivity contribution in [2.24, 2.45) is 11.7 Å². The van der Waals surface area contributed by atoms with E-state index in [1.165, 1.54) is 11.9 Å². The maximum Gasteiger partial charge on any atom is 0.401 e. The third-order valence-corrected chi connectivity index (χ3v) is 3.16. The van der Waals surface area contributed by atoms with Gasteiger partial charge in [-0.25, -0.2) is 0 Å². The summed E-state index contributed by atoms with van der Waals surface area (Å²) in [5, 5.41) is 0. The van der Waals surface area contributed by atoms with Crippen molar-refractivity contribution in [3.05, 3.63) is 0 Å². The minimum Gasteiger partial charge on any atom is -0.329 e. The van der Waals surface area contributed by atoms with Gasteiger partial charge in [-0.1, -0.05) is 0 Å². The van der Waals surface area contributed by atoms with Gasteiger partial charge in [0.2, 0.25) is 0 Å². The van der Waals surface area contributed by atoms with Crippen LogP contribution in [0.4, 0.5) is 13.2 Å². The third-order valence-electron chi connectivity index (χ3n) is 3.16. The zero-order chi connectivity index (χ0) is 11.0. The van der Waals surface area contributed by atoms with Crippen LogP contribution in [0.3, 0.4) is 0 Å². The number of likely N-dealkylation sites (N-methyl/N-ethyl adjacent to an activating group) is 1. The Morgan fingerprint density at radius 1 is 1.36 bits per heavy atom. The topological polar surface area (TPSA) is 29.3 Å². The molecule has 0 amide bonds. The highest BCUT2D eigenvalue weighted by molar-refractivity contribution is 4.99. The number of hydrogen-bond donors (Lipinski definition) is 1. The molecule has 0 aliphatic heterocycles. The van der Waals surface area contributed by atoms with Crippen molar-refractivity contribution < 1.29 is 13.2 Å². The van der Waals surface area contributed by atoms with Crippen LogP contribution < -0.4 is 5.73 Å². The lowest BCUT2D eigenvalue weighted by Crippen LogP contribution is -2.54. The molecule has 0 aromatic carbocycles. The molecule has 1 atom stereocenters. The number of rotatable bonds is 4. The minimum absolute atomic E-state index is 0.282. The van der Waals surface area contributed by atoms with Crippen LogP contribution >= 0.6 is 0 Å². The largest absolute Gasteiger partial charge is 0.401 e. The summed E-state index contributed by atoms with van der Waals surface area (Å²) < 4.78 is 36.5. The molecule has 1 aliphatic rings. The Morgan fingerprint density at radius 3 is 2.14 bits per heavy atom. The van der Waals surface area contributed by atoms with Crippen molar-refractivity contribution in [2.75, 3.05) is 20.1 Å². The van der Waals surface area contributed by atoms with Gasteiger partial charge < -0.3 is 5.73 Å². The van der Waals surface area contributed by atoms with E-state index in [2.05, 4.69) is 0 Å². The van der Waals surface area contributed by atoms with Gasteiger partial charge >= 0.3 is 6.18 Å². The Kier molecular flexibility index (Phi) is 3.11. The van der Waals surface area contributed by atoms with Crippen molar-refractivity contribution in [1.29, 1.82) is 0 Å². The molecule has 84 valence electrons. The van der Waals surface area contributed by atoms with Gasteiger partial charge in [-0.15, -0.1) is 0 Å². The number of hydrogen-bond acceptors (Lipinski definition) is 2. The Balaban J connectivity index is 2.60. The molecular formula is C9H17F3N2. The van der Waals surface area contributed by atoms with Crippen LogP contribution in [0.1, 0.15) is 19.8 Å². The highest BCUT2D eigenvalue weighted by Crippen LogP contribution is 2.42. The van der Waals surface area contributed by atoms with Crippen LogP contribution in [0.15, 0.2) is 0 Å². The predicted octanol–water partition coefficient (Wildman–Crippen LogP) is 1.61. The Morgan fingerprint density at radius 2 is 1.86 bits per heavy atom. The molecule has 2 nitrogen and oxygen atoms in total. The first-order chi connectivity index (χ1) is 6.29. The summed E-state index contributed by atoms with van der Waals surface area (Å²) in [4.78, 5) is 1.34. The molecule has 0 bridgehead atoms. The molecule has 14 heavy (non-hydrogen) atoms. The van der Waals surface area contributed by atoms with Crippen LogP contribution in [0, 0.1) is 5.92 Å². The summed E-state index contributed by atoms with van der Waals surface area (Å²) in [5.74, 6) is 0.333. The molecule has 0 radical (unpaired) electrons. The van der Waals surface area contributed by atoms with Crippen LogP contribution in [0.25, 0.3) is 0 Å². The summed E-state index contributed by atoms with van der Waals surface area (Å²) in [5.41, 5.74) is 5.07. The van der Waals surface area contributed by atoms with Crippen LogP contribution in [-0.2, 0) is 0 Å². The van der Waals surface area contributed by atoms with Crippen molar-refractivity contribution in [3.63, 3.8) is 0 Å². The van der Waals surface area contributed by atoms with Gasteiger partial charge in [0.1, 0.15) is 0 Å². The molecule has 0 aromatic heterocycles. The summed E-state index contributed by atoms with van der Waals surface area (Å²) in [6.45, 7) is 1.22. The SMILES string of the molecule is CN(CC(F)(F)F)C(C)(CN)C1CC1. The first-order valence-electron chi connectivity index (χ1n) is 4.77. The molecule has 5 heteroatoms. The highest BCUT2D eigenvalue weighted by Gasteiger charge is 2.46. The Bertz CT molecular complexity index is 201. The van der Waals surface area contributed by atoms with E-state index in [0.717, 1.165) is 12.8 Å². The maximum atomic E-state index is 12.2. The molecule has 0 aromatic rings. The van der Waals surface area contributed by atoms with E-state index in [0.29, 0.717) is 5.92 Å². The van der Waals surface area contributed by atoms with Crippen LogP contribution in [0.2, 0.25) is 0 Å². The van der Waals surface area contributed by atoms with Crippen LogP contribution in [-0.4, -0.2) is 36.8 Å². The minimum atomic E-state index is -4.14. The van der Waals surface area contributed by atoms with Crippen molar-refractivity contribution in [3.8, 4) is 0 Å². The fourth-order valence-electron chi connectivity index (χ4n) is 1.79.